The van der Waals surface area contributed by atoms with E-state index in [-0.39, 0.29) is 0 Å². The second-order valence-corrected chi connectivity index (χ2v) is 10.1. The lowest BCUT2D eigenvalue weighted by atomic mass is 10.2. The molecule has 0 aliphatic rings. The highest BCUT2D eigenvalue weighted by Gasteiger charge is 2.81. The van der Waals surface area contributed by atoms with Gasteiger partial charge in [-0.05, 0) is 5.56 Å². The molecule has 0 fully saturated rings. The molecule has 0 atom stereocenters. The van der Waals surface area contributed by atoms with E-state index in [0.29, 0.717) is 5.56 Å². The second-order valence-electron chi connectivity index (χ2n) is 7.17. The first-order valence-electron chi connectivity index (χ1n) is 9.77. The molecular formula is C23H18F6NO3P. The Morgan fingerprint density at radius 1 is 0.706 bits per heavy atom. The normalized spacial score (nSPS) is 12.8. The van der Waals surface area contributed by atoms with Gasteiger partial charge in [-0.25, -0.2) is 4.79 Å². The number of alkyl carbamates (subject to hydrolysis) is 1. The number of carbonyl (C=O) groups is 1. The zero-order valence-electron chi connectivity index (χ0n) is 17.3. The van der Waals surface area contributed by atoms with E-state index in [2.05, 4.69) is 4.74 Å². The third kappa shape index (κ3) is 4.55. The van der Waals surface area contributed by atoms with Gasteiger partial charge in [0.25, 0.3) is 5.28 Å². The molecule has 0 aliphatic heterocycles. The molecule has 0 heterocycles. The van der Waals surface area contributed by atoms with Gasteiger partial charge in [0.1, 0.15) is 6.61 Å². The summed E-state index contributed by atoms with van der Waals surface area (Å²) in [6.45, 7) is -0.598. The number of carbonyl (C=O) groups excluding carboxylic acids is 1. The molecule has 0 aliphatic carbocycles. The minimum atomic E-state index is -6.22. The van der Waals surface area contributed by atoms with Crippen molar-refractivity contribution in [2.24, 2.45) is 0 Å². The molecule has 4 nitrogen and oxygen atoms in total. The SMILES string of the molecule is O=C(NC(C(F)(F)F)(C(F)(F)F)P(=O)(c1ccccc1)c1ccccc1)OCc1ccccc1. The lowest BCUT2D eigenvalue weighted by Crippen LogP contribution is -2.69. The number of nitrogens with one attached hydrogen (secondary N) is 1. The van der Waals surface area contributed by atoms with Crippen molar-refractivity contribution in [3.63, 3.8) is 0 Å². The van der Waals surface area contributed by atoms with Crippen LogP contribution in [0.2, 0.25) is 0 Å². The molecule has 0 spiro atoms. The summed E-state index contributed by atoms with van der Waals surface area (Å²) in [6, 6.07) is 18.6. The summed E-state index contributed by atoms with van der Waals surface area (Å²) >= 11 is 0. The zero-order chi connectivity index (χ0) is 25.0. The number of hydrogen-bond donors (Lipinski definition) is 1. The summed E-state index contributed by atoms with van der Waals surface area (Å²) < 4.78 is 106. The highest BCUT2D eigenvalue weighted by Crippen LogP contribution is 2.66. The monoisotopic (exact) mass is 501 g/mol. The van der Waals surface area contributed by atoms with Crippen molar-refractivity contribution in [3.8, 4) is 0 Å². The summed E-state index contributed by atoms with van der Waals surface area (Å²) in [5.41, 5.74) is 0.330. The molecule has 3 aromatic rings. The van der Waals surface area contributed by atoms with Crippen LogP contribution in [0.4, 0.5) is 31.1 Å². The van der Waals surface area contributed by atoms with E-state index < -0.39 is 48.1 Å². The van der Waals surface area contributed by atoms with Crippen molar-refractivity contribution in [3.05, 3.63) is 96.6 Å². The van der Waals surface area contributed by atoms with Crippen LogP contribution in [0, 0.1) is 0 Å². The molecule has 0 saturated heterocycles. The first kappa shape index (κ1) is 25.4. The van der Waals surface area contributed by atoms with E-state index in [1.807, 2.05) is 0 Å². The lowest BCUT2D eigenvalue weighted by Gasteiger charge is -2.43. The van der Waals surface area contributed by atoms with Crippen LogP contribution in [0.1, 0.15) is 5.56 Å². The standard InChI is InChI=1S/C23H18F6NO3P/c24-22(25,26)21(23(27,28)29,30-20(31)33-16-17-10-4-1-5-11-17)34(32,18-12-6-2-7-13-18)19-14-8-3-9-15-19/h1-15H,16H2,(H,30,31). The first-order valence-corrected chi connectivity index (χ1v) is 11.5. The molecule has 11 heteroatoms. The maximum Gasteiger partial charge on any atom is 0.428 e. The van der Waals surface area contributed by atoms with Crippen LogP contribution in [0.15, 0.2) is 91.0 Å². The Morgan fingerprint density at radius 3 is 1.47 bits per heavy atom. The first-order chi connectivity index (χ1) is 15.9. The maximum absolute atomic E-state index is 14.5. The Kier molecular flexibility index (Phi) is 7.12. The van der Waals surface area contributed by atoms with Crippen LogP contribution in [-0.2, 0) is 15.9 Å². The number of ether oxygens (including phenoxy) is 1. The molecule has 1 amide bonds. The predicted molar refractivity (Wildman–Crippen MR) is 114 cm³/mol. The average molecular weight is 501 g/mol. The van der Waals surface area contributed by atoms with Gasteiger partial charge in [-0.3, -0.25) is 5.32 Å². The van der Waals surface area contributed by atoms with E-state index >= 15 is 0 Å². The van der Waals surface area contributed by atoms with Gasteiger partial charge in [0, 0.05) is 10.6 Å². The number of halogens is 6. The summed E-state index contributed by atoms with van der Waals surface area (Å²) in [6.07, 6.45) is -14.5. The molecular weight excluding hydrogens is 483 g/mol. The Labute approximate surface area is 190 Å². The van der Waals surface area contributed by atoms with Gasteiger partial charge in [0.2, 0.25) is 0 Å². The van der Waals surface area contributed by atoms with Crippen molar-refractivity contribution in [1.29, 1.82) is 0 Å². The fourth-order valence-electron chi connectivity index (χ4n) is 3.46. The van der Waals surface area contributed by atoms with Gasteiger partial charge in [0.05, 0.1) is 0 Å². The largest absolute Gasteiger partial charge is 0.445 e. The Bertz CT molecular complexity index is 1090. The predicted octanol–water partition coefficient (Wildman–Crippen LogP) is 5.75. The van der Waals surface area contributed by atoms with E-state index in [1.165, 1.54) is 24.3 Å². The Balaban J connectivity index is 2.21. The van der Waals surface area contributed by atoms with E-state index in [9.17, 15) is 35.7 Å². The summed E-state index contributed by atoms with van der Waals surface area (Å²) in [7, 11) is -5.72. The lowest BCUT2D eigenvalue weighted by molar-refractivity contribution is -0.274. The smallest absolute Gasteiger partial charge is 0.428 e. The van der Waals surface area contributed by atoms with Crippen LogP contribution in [0.5, 0.6) is 0 Å². The van der Waals surface area contributed by atoms with Crippen LogP contribution < -0.4 is 15.9 Å². The fourth-order valence-corrected chi connectivity index (χ4v) is 6.68. The molecule has 3 rings (SSSR count). The second kappa shape index (κ2) is 9.54. The van der Waals surface area contributed by atoms with Crippen LogP contribution >= 0.6 is 7.14 Å². The average Bonchev–Trinajstić information content (AvgIpc) is 2.81. The zero-order valence-corrected chi connectivity index (χ0v) is 18.2. The summed E-state index contributed by atoms with van der Waals surface area (Å²) in [4.78, 5) is 12.4. The van der Waals surface area contributed by atoms with Gasteiger partial charge in [-0.1, -0.05) is 91.0 Å². The third-order valence-corrected chi connectivity index (χ3v) is 8.64. The topological polar surface area (TPSA) is 55.4 Å². The van der Waals surface area contributed by atoms with Crippen LogP contribution in [0.25, 0.3) is 0 Å². The van der Waals surface area contributed by atoms with E-state index in [1.54, 1.807) is 18.2 Å². The molecule has 0 radical (unpaired) electrons. The molecule has 1 N–H and O–H groups in total. The number of rotatable bonds is 6. The highest BCUT2D eigenvalue weighted by atomic mass is 31.2. The van der Waals surface area contributed by atoms with Gasteiger partial charge in [0.15, 0.2) is 7.14 Å². The minimum Gasteiger partial charge on any atom is -0.445 e. The fraction of sp³-hybridized carbons (Fsp3) is 0.174. The summed E-state index contributed by atoms with van der Waals surface area (Å²) in [5, 5.41) is -5.69. The maximum atomic E-state index is 14.5. The van der Waals surface area contributed by atoms with E-state index in [4.69, 9.17) is 0 Å². The van der Waals surface area contributed by atoms with Crippen molar-refractivity contribution < 1.29 is 40.4 Å². The summed E-state index contributed by atoms with van der Waals surface area (Å²) in [5.74, 6) is 0. The Hall–Kier alpha value is -3.26. The van der Waals surface area contributed by atoms with Crippen LogP contribution in [-0.4, -0.2) is 23.7 Å². The van der Waals surface area contributed by atoms with Gasteiger partial charge in [-0.2, -0.15) is 26.3 Å². The quantitative estimate of drug-likeness (QED) is 0.346. The van der Waals surface area contributed by atoms with Gasteiger partial charge < -0.3 is 9.30 Å². The number of benzene rings is 3. The molecule has 0 aromatic heterocycles. The molecule has 0 unspecified atom stereocenters. The van der Waals surface area contributed by atoms with Crippen molar-refractivity contribution >= 4 is 23.8 Å². The minimum absolute atomic E-state index is 0.330. The van der Waals surface area contributed by atoms with Gasteiger partial charge in [-0.15, -0.1) is 0 Å². The third-order valence-electron chi connectivity index (χ3n) is 5.03. The van der Waals surface area contributed by atoms with Crippen LogP contribution in [0.3, 0.4) is 0 Å². The molecule has 34 heavy (non-hydrogen) atoms. The van der Waals surface area contributed by atoms with Crippen molar-refractivity contribution in [2.75, 3.05) is 0 Å². The molecule has 0 bridgehead atoms. The molecule has 180 valence electrons. The number of alkyl halides is 6. The van der Waals surface area contributed by atoms with E-state index in [0.717, 1.165) is 53.8 Å². The number of hydrogen-bond acceptors (Lipinski definition) is 3. The van der Waals surface area contributed by atoms with Gasteiger partial charge >= 0.3 is 18.4 Å². The molecule has 3 aromatic carbocycles. The number of amides is 1. The molecule has 0 saturated carbocycles. The highest BCUT2D eigenvalue weighted by molar-refractivity contribution is 7.80. The Morgan fingerprint density at radius 2 is 1.09 bits per heavy atom. The van der Waals surface area contributed by atoms with Crippen molar-refractivity contribution in [1.82, 2.24) is 5.32 Å². The van der Waals surface area contributed by atoms with Crippen molar-refractivity contribution in [2.45, 2.75) is 24.2 Å².